The third kappa shape index (κ3) is 3.70. The molecule has 0 unspecified atom stereocenters. The van der Waals surface area contributed by atoms with Gasteiger partial charge in [-0.3, -0.25) is 4.79 Å². The smallest absolute Gasteiger partial charge is 0.243 e. The molecule has 1 amide bonds. The lowest BCUT2D eigenvalue weighted by Crippen LogP contribution is -2.39. The van der Waals surface area contributed by atoms with Gasteiger partial charge in [-0.15, -0.1) is 24.2 Å². The van der Waals surface area contributed by atoms with Gasteiger partial charge in [0.2, 0.25) is 5.91 Å². The van der Waals surface area contributed by atoms with Crippen molar-refractivity contribution < 1.29 is 4.79 Å². The maximum absolute atomic E-state index is 11.6. The molecule has 3 nitrogen and oxygen atoms in total. The van der Waals surface area contributed by atoms with Gasteiger partial charge in [0, 0.05) is 17.6 Å². The summed E-state index contributed by atoms with van der Waals surface area (Å²) < 4.78 is 0. The quantitative estimate of drug-likeness (QED) is 0.847. The van der Waals surface area contributed by atoms with Gasteiger partial charge in [0.15, 0.2) is 0 Å². The number of benzene rings is 1. The van der Waals surface area contributed by atoms with Crippen LogP contribution in [-0.2, 0) is 4.79 Å². The van der Waals surface area contributed by atoms with Crippen molar-refractivity contribution in [2.75, 3.05) is 18.2 Å². The maximum Gasteiger partial charge on any atom is 0.243 e. The summed E-state index contributed by atoms with van der Waals surface area (Å²) in [6.45, 7) is 1.69. The molecule has 0 heterocycles. The van der Waals surface area contributed by atoms with Gasteiger partial charge < -0.3 is 10.6 Å². The van der Waals surface area contributed by atoms with Crippen LogP contribution in [0.15, 0.2) is 29.2 Å². The highest BCUT2D eigenvalue weighted by Crippen LogP contribution is 2.19. The van der Waals surface area contributed by atoms with E-state index in [1.807, 2.05) is 30.5 Å². The number of nitrogens with zero attached hydrogens (tertiary/aromatic N) is 1. The summed E-state index contributed by atoms with van der Waals surface area (Å²) in [5.41, 5.74) is 6.41. The summed E-state index contributed by atoms with van der Waals surface area (Å²) in [7, 11) is 1.74. The number of halogens is 1. The zero-order valence-corrected chi connectivity index (χ0v) is 11.3. The summed E-state index contributed by atoms with van der Waals surface area (Å²) in [5, 5.41) is 0. The van der Waals surface area contributed by atoms with E-state index in [0.717, 1.165) is 5.69 Å². The fourth-order valence-electron chi connectivity index (χ4n) is 1.24. The first-order valence-electron chi connectivity index (χ1n) is 4.73. The van der Waals surface area contributed by atoms with Crippen LogP contribution in [0.3, 0.4) is 0 Å². The Balaban J connectivity index is 0.00000225. The van der Waals surface area contributed by atoms with Crippen molar-refractivity contribution in [1.29, 1.82) is 0 Å². The normalized spacial score (nSPS) is 11.5. The summed E-state index contributed by atoms with van der Waals surface area (Å²) in [4.78, 5) is 14.4. The molecule has 1 aromatic rings. The van der Waals surface area contributed by atoms with Gasteiger partial charge in [-0.1, -0.05) is 0 Å². The van der Waals surface area contributed by atoms with Crippen molar-refractivity contribution in [3.63, 3.8) is 0 Å². The predicted molar refractivity (Wildman–Crippen MR) is 72.5 cm³/mol. The number of hydrogen-bond donors (Lipinski definition) is 1. The summed E-state index contributed by atoms with van der Waals surface area (Å²) >= 11 is 1.68. The molecule has 0 bridgehead atoms. The van der Waals surface area contributed by atoms with E-state index in [0.29, 0.717) is 0 Å². The van der Waals surface area contributed by atoms with Gasteiger partial charge in [-0.25, -0.2) is 0 Å². The average Bonchev–Trinajstić information content (AvgIpc) is 2.27. The molecule has 0 fully saturated rings. The highest BCUT2D eigenvalue weighted by molar-refractivity contribution is 7.98. The zero-order chi connectivity index (χ0) is 11.4. The van der Waals surface area contributed by atoms with Gasteiger partial charge in [0.1, 0.15) is 0 Å². The molecule has 0 spiro atoms. The Hall–Kier alpha value is -0.710. The molecular weight excluding hydrogens is 244 g/mol. The number of carbonyl (C=O) groups excluding carboxylic acids is 1. The molecule has 0 aliphatic heterocycles. The fourth-order valence-corrected chi connectivity index (χ4v) is 1.65. The first-order chi connectivity index (χ1) is 7.06. The van der Waals surface area contributed by atoms with Crippen LogP contribution in [0.5, 0.6) is 0 Å². The monoisotopic (exact) mass is 260 g/mol. The predicted octanol–water partition coefficient (Wildman–Crippen LogP) is 2.14. The van der Waals surface area contributed by atoms with E-state index in [1.54, 1.807) is 30.6 Å². The second-order valence-electron chi connectivity index (χ2n) is 3.38. The van der Waals surface area contributed by atoms with Crippen LogP contribution in [0.1, 0.15) is 6.92 Å². The molecule has 16 heavy (non-hydrogen) atoms. The minimum Gasteiger partial charge on any atom is -0.320 e. The van der Waals surface area contributed by atoms with Crippen LogP contribution in [0.4, 0.5) is 5.69 Å². The van der Waals surface area contributed by atoms with Crippen LogP contribution in [0.25, 0.3) is 0 Å². The minimum atomic E-state index is -0.463. The Morgan fingerprint density at radius 2 is 1.88 bits per heavy atom. The third-order valence-corrected chi connectivity index (χ3v) is 2.92. The second-order valence-corrected chi connectivity index (χ2v) is 4.26. The maximum atomic E-state index is 11.6. The number of hydrogen-bond acceptors (Lipinski definition) is 3. The van der Waals surface area contributed by atoms with Crippen LogP contribution in [0.2, 0.25) is 0 Å². The highest BCUT2D eigenvalue weighted by atomic mass is 35.5. The largest absolute Gasteiger partial charge is 0.320 e. The topological polar surface area (TPSA) is 46.3 Å². The second kappa shape index (κ2) is 6.78. The molecular formula is C11H17ClN2OS. The van der Waals surface area contributed by atoms with E-state index >= 15 is 0 Å². The first kappa shape index (κ1) is 15.3. The number of amides is 1. The fraction of sp³-hybridized carbons (Fsp3) is 0.364. The van der Waals surface area contributed by atoms with Gasteiger partial charge in [0.05, 0.1) is 6.04 Å². The molecule has 0 aromatic heterocycles. The van der Waals surface area contributed by atoms with Crippen molar-refractivity contribution in [2.45, 2.75) is 17.9 Å². The van der Waals surface area contributed by atoms with E-state index in [-0.39, 0.29) is 18.3 Å². The number of rotatable bonds is 3. The first-order valence-corrected chi connectivity index (χ1v) is 5.96. The Kier molecular flexibility index (Phi) is 6.48. The zero-order valence-electron chi connectivity index (χ0n) is 9.64. The van der Waals surface area contributed by atoms with E-state index < -0.39 is 6.04 Å². The Bertz CT molecular complexity index is 340. The van der Waals surface area contributed by atoms with Crippen molar-refractivity contribution in [1.82, 2.24) is 0 Å². The molecule has 90 valence electrons. The van der Waals surface area contributed by atoms with Gasteiger partial charge in [0.25, 0.3) is 0 Å². The van der Waals surface area contributed by atoms with E-state index in [4.69, 9.17) is 5.73 Å². The van der Waals surface area contributed by atoms with Crippen molar-refractivity contribution in [2.24, 2.45) is 5.73 Å². The molecule has 2 N–H and O–H groups in total. The van der Waals surface area contributed by atoms with Crippen molar-refractivity contribution in [3.8, 4) is 0 Å². The SMILES string of the molecule is CSc1ccc(N(C)C(=O)[C@@H](C)N)cc1.Cl. The summed E-state index contributed by atoms with van der Waals surface area (Å²) in [5.74, 6) is -0.0769. The lowest BCUT2D eigenvalue weighted by molar-refractivity contribution is -0.119. The van der Waals surface area contributed by atoms with E-state index in [9.17, 15) is 4.79 Å². The van der Waals surface area contributed by atoms with Crippen molar-refractivity contribution >= 4 is 35.8 Å². The van der Waals surface area contributed by atoms with Crippen molar-refractivity contribution in [3.05, 3.63) is 24.3 Å². The van der Waals surface area contributed by atoms with Crippen LogP contribution in [0, 0.1) is 0 Å². The molecule has 1 rings (SSSR count). The number of thioether (sulfide) groups is 1. The summed E-state index contributed by atoms with van der Waals surface area (Å²) in [6.07, 6.45) is 2.02. The van der Waals surface area contributed by atoms with Crippen LogP contribution < -0.4 is 10.6 Å². The van der Waals surface area contributed by atoms with Crippen LogP contribution in [-0.4, -0.2) is 25.3 Å². The molecule has 5 heteroatoms. The molecule has 0 aliphatic carbocycles. The number of nitrogens with two attached hydrogens (primary N) is 1. The number of carbonyl (C=O) groups is 1. The van der Waals surface area contributed by atoms with Crippen LogP contribution >= 0.6 is 24.2 Å². The third-order valence-electron chi connectivity index (χ3n) is 2.18. The van der Waals surface area contributed by atoms with E-state index in [2.05, 4.69) is 0 Å². The number of anilines is 1. The Morgan fingerprint density at radius 1 is 1.38 bits per heavy atom. The van der Waals surface area contributed by atoms with Gasteiger partial charge in [-0.2, -0.15) is 0 Å². The standard InChI is InChI=1S/C11H16N2OS.ClH/c1-8(12)11(14)13(2)9-4-6-10(15-3)7-5-9;/h4-8H,12H2,1-3H3;1H/t8-;/m1./s1. The lowest BCUT2D eigenvalue weighted by atomic mass is 10.2. The molecule has 0 saturated carbocycles. The van der Waals surface area contributed by atoms with E-state index in [1.165, 1.54) is 4.90 Å². The van der Waals surface area contributed by atoms with Gasteiger partial charge in [-0.05, 0) is 37.4 Å². The lowest BCUT2D eigenvalue weighted by Gasteiger charge is -2.19. The average molecular weight is 261 g/mol. The molecule has 0 saturated heterocycles. The molecule has 0 radical (unpaired) electrons. The highest BCUT2D eigenvalue weighted by Gasteiger charge is 2.14. The molecule has 0 aliphatic rings. The Labute approximate surface area is 107 Å². The minimum absolute atomic E-state index is 0. The molecule has 1 aromatic carbocycles. The summed E-state index contributed by atoms with van der Waals surface area (Å²) in [6, 6.07) is 7.36. The van der Waals surface area contributed by atoms with Gasteiger partial charge >= 0.3 is 0 Å². The Morgan fingerprint density at radius 3 is 2.25 bits per heavy atom. The number of likely N-dealkylation sites (N-methyl/N-ethyl adjacent to an activating group) is 1. The molecule has 1 atom stereocenters.